The lowest BCUT2D eigenvalue weighted by Gasteiger charge is -2.32. The first kappa shape index (κ1) is 26.1. The van der Waals surface area contributed by atoms with Crippen LogP contribution in [-0.4, -0.2) is 38.1 Å². The van der Waals surface area contributed by atoms with Gasteiger partial charge in [-0.1, -0.05) is 54.9 Å². The van der Waals surface area contributed by atoms with Crippen LogP contribution in [0.15, 0.2) is 42.5 Å². The van der Waals surface area contributed by atoms with Crippen molar-refractivity contribution in [3.05, 3.63) is 69.7 Å². The van der Waals surface area contributed by atoms with Crippen LogP contribution < -0.4 is 5.73 Å². The highest BCUT2D eigenvalue weighted by molar-refractivity contribution is 7.89. The molecule has 0 fully saturated rings. The molecule has 4 nitrogen and oxygen atoms in total. The third kappa shape index (κ3) is 6.69. The van der Waals surface area contributed by atoms with Crippen molar-refractivity contribution in [2.75, 3.05) is 19.3 Å². The maximum Gasteiger partial charge on any atom is 0.213 e. The fourth-order valence-corrected chi connectivity index (χ4v) is 5.80. The quantitative estimate of drug-likeness (QED) is 0.546. The molecule has 0 aliphatic heterocycles. The first-order chi connectivity index (χ1) is 14.3. The van der Waals surface area contributed by atoms with Gasteiger partial charge in [0.15, 0.2) is 0 Å². The zero-order valence-electron chi connectivity index (χ0n) is 18.4. The van der Waals surface area contributed by atoms with Gasteiger partial charge in [0.1, 0.15) is 0 Å². The van der Waals surface area contributed by atoms with Gasteiger partial charge in [-0.05, 0) is 66.8 Å². The number of hydrogen-bond donors (Lipinski definition) is 1. The number of benzene rings is 2. The molecule has 2 aromatic rings. The summed E-state index contributed by atoms with van der Waals surface area (Å²) in [6.07, 6.45) is 5.14. The lowest BCUT2D eigenvalue weighted by molar-refractivity contribution is 0.459. The van der Waals surface area contributed by atoms with Gasteiger partial charge in [0.2, 0.25) is 10.0 Å². The van der Waals surface area contributed by atoms with E-state index in [4.69, 9.17) is 17.3 Å². The molecule has 0 heterocycles. The Hall–Kier alpha value is -1.11. The number of hydrogen-bond acceptors (Lipinski definition) is 3. The second-order valence-electron chi connectivity index (χ2n) is 8.38. The molecule has 7 heteroatoms. The normalized spacial score (nSPS) is 18.5. The first-order valence-electron chi connectivity index (χ1n) is 10.9. The Balaban J connectivity index is 0.00000341. The van der Waals surface area contributed by atoms with Crippen LogP contribution in [0.5, 0.6) is 0 Å². The number of fused-ring (bicyclic) bond motifs is 1. The Kier molecular flexibility index (Phi) is 9.84. The minimum Gasteiger partial charge on any atom is -0.327 e. The lowest BCUT2D eigenvalue weighted by Crippen LogP contribution is -2.34. The second-order valence-corrected chi connectivity index (χ2v) is 11.0. The predicted molar refractivity (Wildman–Crippen MR) is 133 cm³/mol. The molecule has 2 unspecified atom stereocenters. The molecule has 31 heavy (non-hydrogen) atoms. The molecule has 0 aromatic heterocycles. The number of halogens is 2. The van der Waals surface area contributed by atoms with E-state index in [2.05, 4.69) is 24.3 Å². The molecule has 0 saturated heterocycles. The molecule has 2 aromatic carbocycles. The number of sulfonamides is 1. The Labute approximate surface area is 198 Å². The van der Waals surface area contributed by atoms with E-state index in [0.29, 0.717) is 13.0 Å². The van der Waals surface area contributed by atoms with E-state index in [1.807, 2.05) is 25.1 Å². The molecule has 1 aliphatic carbocycles. The van der Waals surface area contributed by atoms with Gasteiger partial charge < -0.3 is 5.73 Å². The van der Waals surface area contributed by atoms with Crippen molar-refractivity contribution in [2.45, 2.75) is 57.4 Å². The second kappa shape index (κ2) is 11.7. The highest BCUT2D eigenvalue weighted by Crippen LogP contribution is 2.35. The van der Waals surface area contributed by atoms with Gasteiger partial charge in [-0.25, -0.2) is 12.7 Å². The van der Waals surface area contributed by atoms with E-state index >= 15 is 0 Å². The molecule has 172 valence electrons. The van der Waals surface area contributed by atoms with E-state index in [0.717, 1.165) is 42.7 Å². The molecule has 1 aliphatic rings. The van der Waals surface area contributed by atoms with Crippen LogP contribution in [0.4, 0.5) is 0 Å². The fraction of sp³-hybridized carbons (Fsp3) is 0.500. The summed E-state index contributed by atoms with van der Waals surface area (Å²) in [6, 6.07) is 14.8. The average molecular weight is 486 g/mol. The largest absolute Gasteiger partial charge is 0.327 e. The third-order valence-corrected chi connectivity index (χ3v) is 8.57. The summed E-state index contributed by atoms with van der Waals surface area (Å²) >= 11 is 6.41. The molecule has 2 N–H and O–H groups in total. The van der Waals surface area contributed by atoms with Crippen LogP contribution in [0.1, 0.15) is 54.4 Å². The Morgan fingerprint density at radius 1 is 1.19 bits per heavy atom. The number of rotatable bonds is 9. The Morgan fingerprint density at radius 3 is 2.65 bits per heavy atom. The SMILES string of the molecule is CCCS(=O)(=O)N(C)CCCc1ccc2c(c1)C(Cc1ccccc1Cl)C(N)CC2.Cl. The van der Waals surface area contributed by atoms with Gasteiger partial charge in [0.25, 0.3) is 0 Å². The zero-order valence-corrected chi connectivity index (χ0v) is 20.8. The monoisotopic (exact) mass is 484 g/mol. The highest BCUT2D eigenvalue weighted by atomic mass is 35.5. The van der Waals surface area contributed by atoms with Gasteiger partial charge in [0, 0.05) is 30.6 Å². The van der Waals surface area contributed by atoms with E-state index in [-0.39, 0.29) is 30.1 Å². The van der Waals surface area contributed by atoms with Crippen molar-refractivity contribution < 1.29 is 8.42 Å². The summed E-state index contributed by atoms with van der Waals surface area (Å²) in [5.41, 5.74) is 11.6. The molecule has 0 saturated carbocycles. The third-order valence-electron chi connectivity index (χ3n) is 6.15. The molecule has 0 radical (unpaired) electrons. The van der Waals surface area contributed by atoms with Crippen LogP contribution in [-0.2, 0) is 29.3 Å². The smallest absolute Gasteiger partial charge is 0.213 e. The molecule has 3 rings (SSSR count). The topological polar surface area (TPSA) is 63.4 Å². The van der Waals surface area contributed by atoms with Crippen molar-refractivity contribution in [2.24, 2.45) is 5.73 Å². The summed E-state index contributed by atoms with van der Waals surface area (Å²) in [7, 11) is -1.45. The highest BCUT2D eigenvalue weighted by Gasteiger charge is 2.28. The van der Waals surface area contributed by atoms with Gasteiger partial charge >= 0.3 is 0 Å². The molecular formula is C24H34Cl2N2O2S. The summed E-state index contributed by atoms with van der Waals surface area (Å²) < 4.78 is 25.8. The summed E-state index contributed by atoms with van der Waals surface area (Å²) in [5, 5.41) is 0.796. The molecule has 0 spiro atoms. The van der Waals surface area contributed by atoms with E-state index in [1.54, 1.807) is 7.05 Å². The molecular weight excluding hydrogens is 451 g/mol. The minimum absolute atomic E-state index is 0. The minimum atomic E-state index is -3.13. The van der Waals surface area contributed by atoms with Crippen molar-refractivity contribution in [3.8, 4) is 0 Å². The van der Waals surface area contributed by atoms with Gasteiger partial charge in [0.05, 0.1) is 5.75 Å². The summed E-state index contributed by atoms with van der Waals surface area (Å²) in [4.78, 5) is 0. The molecule has 2 atom stereocenters. The summed E-state index contributed by atoms with van der Waals surface area (Å²) in [5.74, 6) is 0.463. The zero-order chi connectivity index (χ0) is 21.7. The van der Waals surface area contributed by atoms with E-state index in [1.165, 1.54) is 21.0 Å². The van der Waals surface area contributed by atoms with E-state index < -0.39 is 10.0 Å². The van der Waals surface area contributed by atoms with Crippen molar-refractivity contribution in [1.82, 2.24) is 4.31 Å². The van der Waals surface area contributed by atoms with Crippen LogP contribution in [0.2, 0.25) is 5.02 Å². The van der Waals surface area contributed by atoms with Crippen molar-refractivity contribution in [3.63, 3.8) is 0 Å². The van der Waals surface area contributed by atoms with Gasteiger partial charge in [-0.3, -0.25) is 0 Å². The number of nitrogens with two attached hydrogens (primary N) is 1. The van der Waals surface area contributed by atoms with Crippen LogP contribution in [0.25, 0.3) is 0 Å². The predicted octanol–water partition coefficient (Wildman–Crippen LogP) is 4.97. The summed E-state index contributed by atoms with van der Waals surface area (Å²) in [6.45, 7) is 2.43. The first-order valence-corrected chi connectivity index (χ1v) is 12.8. The number of nitrogens with zero attached hydrogens (tertiary/aromatic N) is 1. The van der Waals surface area contributed by atoms with Crippen molar-refractivity contribution in [1.29, 1.82) is 0 Å². The Morgan fingerprint density at radius 2 is 1.94 bits per heavy atom. The maximum atomic E-state index is 12.1. The molecule has 0 bridgehead atoms. The molecule has 0 amide bonds. The van der Waals surface area contributed by atoms with Crippen LogP contribution >= 0.6 is 24.0 Å². The maximum absolute atomic E-state index is 12.1. The van der Waals surface area contributed by atoms with Gasteiger partial charge in [-0.15, -0.1) is 12.4 Å². The lowest BCUT2D eigenvalue weighted by atomic mass is 9.76. The average Bonchev–Trinajstić information content (AvgIpc) is 2.71. The van der Waals surface area contributed by atoms with Crippen LogP contribution in [0, 0.1) is 0 Å². The van der Waals surface area contributed by atoms with Crippen LogP contribution in [0.3, 0.4) is 0 Å². The van der Waals surface area contributed by atoms with Crippen molar-refractivity contribution >= 4 is 34.0 Å². The standard InChI is InChI=1S/C24H33ClN2O2S.ClH/c1-3-15-30(28,29)27(2)14-6-7-18-10-11-19-12-13-24(26)22(21(19)16-18)17-20-8-4-5-9-23(20)25;/h4-5,8-11,16,22,24H,3,6-7,12-15,17,26H2,1-2H3;1H. The van der Waals surface area contributed by atoms with E-state index in [9.17, 15) is 8.42 Å². The number of aryl methyl sites for hydroxylation is 2. The fourth-order valence-electron chi connectivity index (χ4n) is 4.35. The van der Waals surface area contributed by atoms with Gasteiger partial charge in [-0.2, -0.15) is 0 Å². The Bertz CT molecular complexity index is 966.